The maximum Gasteiger partial charge on any atom is 0.224 e. The zero-order valence-corrected chi connectivity index (χ0v) is 14.7. The average Bonchev–Trinajstić information content (AvgIpc) is 3.17. The molecule has 0 radical (unpaired) electrons. The molecule has 2 aromatic rings. The predicted molar refractivity (Wildman–Crippen MR) is 89.9 cm³/mol. The lowest BCUT2D eigenvalue weighted by Crippen LogP contribution is -2.50. The SMILES string of the molecule is Cc1noc(C)c1CO[C@@H]1CCOC[C@@H]1NC(=O)Cc1ccsc1. The van der Waals surface area contributed by atoms with Crippen LogP contribution in [0.4, 0.5) is 0 Å². The highest BCUT2D eigenvalue weighted by atomic mass is 32.1. The molecule has 0 saturated carbocycles. The zero-order chi connectivity index (χ0) is 16.9. The molecule has 1 aliphatic rings. The number of nitrogens with one attached hydrogen (secondary N) is 1. The van der Waals surface area contributed by atoms with E-state index in [2.05, 4.69) is 10.5 Å². The third-order valence-electron chi connectivity index (χ3n) is 4.21. The van der Waals surface area contributed by atoms with E-state index in [9.17, 15) is 4.79 Å². The minimum absolute atomic E-state index is 0.00478. The van der Waals surface area contributed by atoms with Crippen LogP contribution in [0, 0.1) is 13.8 Å². The first-order valence-corrected chi connectivity index (χ1v) is 8.99. The summed E-state index contributed by atoms with van der Waals surface area (Å²) < 4.78 is 16.7. The van der Waals surface area contributed by atoms with Crippen LogP contribution >= 0.6 is 11.3 Å². The Morgan fingerprint density at radius 3 is 3.08 bits per heavy atom. The molecule has 2 aromatic heterocycles. The Morgan fingerprint density at radius 1 is 1.50 bits per heavy atom. The lowest BCUT2D eigenvalue weighted by atomic mass is 10.1. The summed E-state index contributed by atoms with van der Waals surface area (Å²) >= 11 is 1.59. The Kier molecular flexibility index (Phi) is 5.65. The van der Waals surface area contributed by atoms with Gasteiger partial charge in [0, 0.05) is 12.2 Å². The van der Waals surface area contributed by atoms with Gasteiger partial charge in [-0.15, -0.1) is 0 Å². The van der Waals surface area contributed by atoms with Crippen molar-refractivity contribution in [1.82, 2.24) is 10.5 Å². The van der Waals surface area contributed by atoms with Crippen LogP contribution in [0.15, 0.2) is 21.3 Å². The van der Waals surface area contributed by atoms with Gasteiger partial charge in [-0.3, -0.25) is 4.79 Å². The minimum Gasteiger partial charge on any atom is -0.379 e. The molecule has 130 valence electrons. The molecule has 0 spiro atoms. The van der Waals surface area contributed by atoms with Crippen molar-refractivity contribution in [1.29, 1.82) is 0 Å². The molecule has 1 saturated heterocycles. The Hall–Kier alpha value is -1.70. The molecule has 1 amide bonds. The fourth-order valence-corrected chi connectivity index (χ4v) is 3.46. The van der Waals surface area contributed by atoms with Crippen molar-refractivity contribution in [2.24, 2.45) is 0 Å². The van der Waals surface area contributed by atoms with E-state index in [1.807, 2.05) is 30.7 Å². The maximum absolute atomic E-state index is 12.2. The van der Waals surface area contributed by atoms with Crippen molar-refractivity contribution in [3.8, 4) is 0 Å². The smallest absolute Gasteiger partial charge is 0.224 e. The van der Waals surface area contributed by atoms with E-state index in [0.29, 0.717) is 26.2 Å². The number of aryl methyl sites for hydroxylation is 2. The maximum atomic E-state index is 12.2. The van der Waals surface area contributed by atoms with Gasteiger partial charge in [-0.05, 0) is 42.7 Å². The highest BCUT2D eigenvalue weighted by Crippen LogP contribution is 2.18. The van der Waals surface area contributed by atoms with E-state index in [-0.39, 0.29) is 18.1 Å². The van der Waals surface area contributed by atoms with Gasteiger partial charge in [-0.2, -0.15) is 11.3 Å². The fraction of sp³-hybridized carbons (Fsp3) is 0.529. The second kappa shape index (κ2) is 7.92. The number of hydrogen-bond acceptors (Lipinski definition) is 6. The van der Waals surface area contributed by atoms with Gasteiger partial charge in [-0.1, -0.05) is 5.16 Å². The molecule has 24 heavy (non-hydrogen) atoms. The number of hydrogen-bond donors (Lipinski definition) is 1. The van der Waals surface area contributed by atoms with Gasteiger partial charge < -0.3 is 19.3 Å². The largest absolute Gasteiger partial charge is 0.379 e. The van der Waals surface area contributed by atoms with Gasteiger partial charge in [-0.25, -0.2) is 0 Å². The summed E-state index contributed by atoms with van der Waals surface area (Å²) in [5, 5.41) is 10.9. The molecular formula is C17H22N2O4S. The van der Waals surface area contributed by atoms with E-state index in [4.69, 9.17) is 14.0 Å². The molecule has 1 fully saturated rings. The molecule has 1 aliphatic heterocycles. The Labute approximate surface area is 145 Å². The van der Waals surface area contributed by atoms with Gasteiger partial charge >= 0.3 is 0 Å². The number of aromatic nitrogens is 1. The molecule has 3 heterocycles. The molecular weight excluding hydrogens is 328 g/mol. The van der Waals surface area contributed by atoms with Gasteiger partial charge in [0.15, 0.2) is 0 Å². The summed E-state index contributed by atoms with van der Waals surface area (Å²) in [6.45, 7) is 5.33. The highest BCUT2D eigenvalue weighted by molar-refractivity contribution is 7.07. The molecule has 1 N–H and O–H groups in total. The minimum atomic E-state index is -0.134. The molecule has 2 atom stereocenters. The van der Waals surface area contributed by atoms with Crippen LogP contribution < -0.4 is 5.32 Å². The van der Waals surface area contributed by atoms with Crippen molar-refractivity contribution >= 4 is 17.2 Å². The first-order valence-electron chi connectivity index (χ1n) is 8.05. The molecule has 0 bridgehead atoms. The molecule has 0 aromatic carbocycles. The monoisotopic (exact) mass is 350 g/mol. The van der Waals surface area contributed by atoms with Crippen LogP contribution in [0.25, 0.3) is 0 Å². The first kappa shape index (κ1) is 17.1. The van der Waals surface area contributed by atoms with Crippen LogP contribution in [0.5, 0.6) is 0 Å². The van der Waals surface area contributed by atoms with E-state index < -0.39 is 0 Å². The number of thiophene rings is 1. The fourth-order valence-electron chi connectivity index (χ4n) is 2.79. The molecule has 0 unspecified atom stereocenters. The quantitative estimate of drug-likeness (QED) is 0.866. The van der Waals surface area contributed by atoms with Crippen LogP contribution in [-0.4, -0.2) is 36.4 Å². The lowest BCUT2D eigenvalue weighted by molar-refractivity contribution is -0.125. The predicted octanol–water partition coefficient (Wildman–Crippen LogP) is 2.39. The third-order valence-corrected chi connectivity index (χ3v) is 4.94. The van der Waals surface area contributed by atoms with Crippen molar-refractivity contribution < 1.29 is 18.8 Å². The summed E-state index contributed by atoms with van der Waals surface area (Å²) in [6, 6.07) is 1.83. The van der Waals surface area contributed by atoms with E-state index in [1.54, 1.807) is 11.3 Å². The molecule has 0 aliphatic carbocycles. The summed E-state index contributed by atoms with van der Waals surface area (Å²) in [6.07, 6.45) is 1.07. The number of ether oxygens (including phenoxy) is 2. The second-order valence-corrected chi connectivity index (χ2v) is 6.78. The first-order chi connectivity index (χ1) is 11.6. The number of nitrogens with zero attached hydrogens (tertiary/aromatic N) is 1. The Bertz CT molecular complexity index is 649. The van der Waals surface area contributed by atoms with Crippen molar-refractivity contribution in [3.05, 3.63) is 39.4 Å². The average molecular weight is 350 g/mol. The van der Waals surface area contributed by atoms with Crippen LogP contribution in [0.3, 0.4) is 0 Å². The van der Waals surface area contributed by atoms with E-state index >= 15 is 0 Å². The van der Waals surface area contributed by atoms with E-state index in [0.717, 1.165) is 29.0 Å². The van der Waals surface area contributed by atoms with Gasteiger partial charge in [0.1, 0.15) is 5.76 Å². The van der Waals surface area contributed by atoms with E-state index in [1.165, 1.54) is 0 Å². The van der Waals surface area contributed by atoms with Crippen LogP contribution in [-0.2, 0) is 27.3 Å². The van der Waals surface area contributed by atoms with Gasteiger partial charge in [0.2, 0.25) is 5.91 Å². The number of carbonyl (C=O) groups excluding carboxylic acids is 1. The van der Waals surface area contributed by atoms with Crippen molar-refractivity contribution in [2.45, 2.75) is 45.4 Å². The van der Waals surface area contributed by atoms with Crippen LogP contribution in [0.1, 0.15) is 29.0 Å². The molecule has 3 rings (SSSR count). The number of rotatable bonds is 6. The summed E-state index contributed by atoms with van der Waals surface area (Å²) in [5.41, 5.74) is 2.85. The summed E-state index contributed by atoms with van der Waals surface area (Å²) in [5.74, 6) is 0.771. The molecule has 6 nitrogen and oxygen atoms in total. The summed E-state index contributed by atoms with van der Waals surface area (Å²) in [4.78, 5) is 12.2. The second-order valence-electron chi connectivity index (χ2n) is 6.00. The highest BCUT2D eigenvalue weighted by Gasteiger charge is 2.28. The molecule has 7 heteroatoms. The zero-order valence-electron chi connectivity index (χ0n) is 13.9. The standard InChI is InChI=1S/C17H22N2O4S/c1-11-14(12(2)23-19-11)8-22-16-3-5-21-9-15(16)18-17(20)7-13-4-6-24-10-13/h4,6,10,15-16H,3,5,7-9H2,1-2H3,(H,18,20)/t15-,16+/m0/s1. The third kappa shape index (κ3) is 4.23. The van der Waals surface area contributed by atoms with Gasteiger partial charge in [0.25, 0.3) is 0 Å². The van der Waals surface area contributed by atoms with Crippen molar-refractivity contribution in [3.63, 3.8) is 0 Å². The van der Waals surface area contributed by atoms with Gasteiger partial charge in [0.05, 0.1) is 37.5 Å². The normalized spacial score (nSPS) is 20.9. The summed E-state index contributed by atoms with van der Waals surface area (Å²) in [7, 11) is 0. The number of carbonyl (C=O) groups is 1. The van der Waals surface area contributed by atoms with Crippen molar-refractivity contribution in [2.75, 3.05) is 13.2 Å². The lowest BCUT2D eigenvalue weighted by Gasteiger charge is -2.32. The Morgan fingerprint density at radius 2 is 2.38 bits per heavy atom. The topological polar surface area (TPSA) is 73.6 Å². The Balaban J connectivity index is 1.56. The van der Waals surface area contributed by atoms with Crippen LogP contribution in [0.2, 0.25) is 0 Å². The number of amides is 1.